The zero-order chi connectivity index (χ0) is 21.1. The Kier molecular flexibility index (Phi) is 5.67. The van der Waals surface area contributed by atoms with Crippen LogP contribution in [-0.2, 0) is 4.79 Å². The van der Waals surface area contributed by atoms with E-state index in [4.69, 9.17) is 9.47 Å². The molecule has 0 saturated carbocycles. The molecule has 1 N–H and O–H groups in total. The summed E-state index contributed by atoms with van der Waals surface area (Å²) in [5.41, 5.74) is 0.769. The molecule has 2 amide bonds. The van der Waals surface area contributed by atoms with Crippen molar-refractivity contribution in [2.75, 3.05) is 18.6 Å². The number of anilines is 1. The number of benzene rings is 2. The smallest absolute Gasteiger partial charge is 0.270 e. The van der Waals surface area contributed by atoms with E-state index in [9.17, 15) is 9.59 Å². The summed E-state index contributed by atoms with van der Waals surface area (Å²) in [5, 5.41) is 2.71. The number of pyridine rings is 1. The Morgan fingerprint density at radius 2 is 1.97 bits per heavy atom. The van der Waals surface area contributed by atoms with Gasteiger partial charge in [0.1, 0.15) is 35.6 Å². The van der Waals surface area contributed by atoms with Crippen LogP contribution in [-0.4, -0.2) is 36.5 Å². The number of hydrogen-bond donors (Lipinski definition) is 1. The summed E-state index contributed by atoms with van der Waals surface area (Å²) in [4.78, 5) is 31.2. The van der Waals surface area contributed by atoms with Gasteiger partial charge >= 0.3 is 0 Å². The average Bonchev–Trinajstić information content (AvgIpc) is 2.87. The van der Waals surface area contributed by atoms with Crippen LogP contribution in [0.1, 0.15) is 10.5 Å². The van der Waals surface area contributed by atoms with Gasteiger partial charge in [-0.3, -0.25) is 14.6 Å². The predicted octanol–water partition coefficient (Wildman–Crippen LogP) is 3.79. The molecule has 1 aromatic heterocycles. The lowest BCUT2D eigenvalue weighted by molar-refractivity contribution is -0.120. The fourth-order valence-corrected chi connectivity index (χ4v) is 3.38. The first-order chi connectivity index (χ1) is 14.5. The van der Waals surface area contributed by atoms with Crippen LogP contribution in [0.4, 0.5) is 5.69 Å². The molecule has 1 aliphatic heterocycles. The maximum Gasteiger partial charge on any atom is 0.270 e. The molecule has 2 aromatic carbocycles. The number of aromatic nitrogens is 1. The molecule has 0 fully saturated rings. The van der Waals surface area contributed by atoms with Crippen molar-refractivity contribution in [1.29, 1.82) is 0 Å². The molecule has 7 nitrogen and oxygen atoms in total. The molecule has 0 saturated heterocycles. The summed E-state index contributed by atoms with van der Waals surface area (Å²) >= 11 is 3.40. The van der Waals surface area contributed by atoms with E-state index in [1.54, 1.807) is 25.2 Å². The summed E-state index contributed by atoms with van der Waals surface area (Å²) in [5.74, 6) is 0.919. The first-order valence-electron chi connectivity index (χ1n) is 9.21. The largest absolute Gasteiger partial charge is 0.489 e. The van der Waals surface area contributed by atoms with Gasteiger partial charge in [0.05, 0.1) is 5.69 Å². The van der Waals surface area contributed by atoms with Crippen LogP contribution in [0.2, 0.25) is 0 Å². The average molecular weight is 468 g/mol. The Morgan fingerprint density at radius 3 is 2.77 bits per heavy atom. The normalized spacial score (nSPS) is 15.6. The summed E-state index contributed by atoms with van der Waals surface area (Å²) in [6, 6.07) is 17.0. The molecule has 0 aliphatic carbocycles. The van der Waals surface area contributed by atoms with Gasteiger partial charge in [0, 0.05) is 23.8 Å². The summed E-state index contributed by atoms with van der Waals surface area (Å²) in [6.07, 6.45) is 1.48. The molecule has 0 bridgehead atoms. The number of nitrogens with zero attached hydrogens (tertiary/aromatic N) is 2. The van der Waals surface area contributed by atoms with E-state index in [0.29, 0.717) is 22.9 Å². The van der Waals surface area contributed by atoms with Crippen LogP contribution < -0.4 is 19.7 Å². The van der Waals surface area contributed by atoms with Crippen molar-refractivity contribution in [2.24, 2.45) is 0 Å². The highest BCUT2D eigenvalue weighted by Crippen LogP contribution is 2.33. The highest BCUT2D eigenvalue weighted by atomic mass is 79.9. The highest BCUT2D eigenvalue weighted by molar-refractivity contribution is 9.10. The van der Waals surface area contributed by atoms with Crippen molar-refractivity contribution in [3.8, 4) is 17.2 Å². The second kappa shape index (κ2) is 8.54. The van der Waals surface area contributed by atoms with Gasteiger partial charge in [-0.05, 0) is 36.4 Å². The number of rotatable bonds is 4. The third kappa shape index (κ3) is 4.28. The third-order valence-corrected chi connectivity index (χ3v) is 5.06. The third-order valence-electron chi connectivity index (χ3n) is 4.56. The molecular formula is C22H18BrN3O4. The molecule has 30 heavy (non-hydrogen) atoms. The molecule has 1 atom stereocenters. The van der Waals surface area contributed by atoms with E-state index in [0.717, 1.165) is 4.47 Å². The zero-order valence-electron chi connectivity index (χ0n) is 16.0. The van der Waals surface area contributed by atoms with E-state index in [2.05, 4.69) is 26.2 Å². The number of carbonyl (C=O) groups is 2. The lowest BCUT2D eigenvalue weighted by Gasteiger charge is -2.20. The minimum absolute atomic E-state index is 0.0176. The second-order valence-corrected chi connectivity index (χ2v) is 7.55. The van der Waals surface area contributed by atoms with Crippen LogP contribution in [0, 0.1) is 0 Å². The van der Waals surface area contributed by atoms with Gasteiger partial charge in [-0.15, -0.1) is 0 Å². The Bertz CT molecular complexity index is 1090. The van der Waals surface area contributed by atoms with Gasteiger partial charge in [-0.1, -0.05) is 34.1 Å². The van der Waals surface area contributed by atoms with Crippen molar-refractivity contribution in [3.05, 3.63) is 77.0 Å². The molecule has 0 spiro atoms. The Hall–Kier alpha value is -3.39. The first kappa shape index (κ1) is 19.9. The molecule has 2 heterocycles. The number of likely N-dealkylation sites (N-methyl/N-ethyl adjacent to an activating group) is 1. The van der Waals surface area contributed by atoms with Crippen molar-refractivity contribution in [2.45, 2.75) is 6.04 Å². The predicted molar refractivity (Wildman–Crippen MR) is 115 cm³/mol. The summed E-state index contributed by atoms with van der Waals surface area (Å²) < 4.78 is 12.3. The number of halogens is 1. The Morgan fingerprint density at radius 1 is 1.17 bits per heavy atom. The van der Waals surface area contributed by atoms with E-state index < -0.39 is 11.9 Å². The first-order valence-corrected chi connectivity index (χ1v) is 10.0. The second-order valence-electron chi connectivity index (χ2n) is 6.64. The molecular weight excluding hydrogens is 450 g/mol. The van der Waals surface area contributed by atoms with Crippen molar-refractivity contribution in [3.63, 3.8) is 0 Å². The number of amides is 2. The highest BCUT2D eigenvalue weighted by Gasteiger charge is 2.31. The summed E-state index contributed by atoms with van der Waals surface area (Å²) in [6.45, 7) is 0.0176. The minimum Gasteiger partial charge on any atom is -0.489 e. The van der Waals surface area contributed by atoms with Gasteiger partial charge in [0.25, 0.3) is 11.8 Å². The fourth-order valence-electron chi connectivity index (χ4n) is 3.03. The molecule has 152 valence electrons. The topological polar surface area (TPSA) is 80.8 Å². The van der Waals surface area contributed by atoms with Gasteiger partial charge < -0.3 is 19.7 Å². The lowest BCUT2D eigenvalue weighted by atomic mass is 10.2. The Balaban J connectivity index is 1.49. The molecule has 3 aromatic rings. The SMILES string of the molecule is CN1C(=O)C(NC(=O)c2cc(Oc3ccccc3)ccn2)COc2ccc(Br)cc21. The zero-order valence-corrected chi connectivity index (χ0v) is 17.6. The fraction of sp³-hybridized carbons (Fsp3) is 0.136. The van der Waals surface area contributed by atoms with E-state index in [1.165, 1.54) is 17.2 Å². The number of para-hydroxylation sites is 1. The minimum atomic E-state index is -0.853. The van der Waals surface area contributed by atoms with E-state index in [1.807, 2.05) is 36.4 Å². The number of hydrogen-bond acceptors (Lipinski definition) is 5. The lowest BCUT2D eigenvalue weighted by Crippen LogP contribution is -2.49. The summed E-state index contributed by atoms with van der Waals surface area (Å²) in [7, 11) is 1.65. The van der Waals surface area contributed by atoms with Crippen LogP contribution in [0.15, 0.2) is 71.3 Å². The van der Waals surface area contributed by atoms with E-state index in [-0.39, 0.29) is 18.2 Å². The van der Waals surface area contributed by atoms with Crippen LogP contribution in [0.25, 0.3) is 0 Å². The number of nitrogens with one attached hydrogen (secondary N) is 1. The van der Waals surface area contributed by atoms with Gasteiger partial charge in [-0.2, -0.15) is 0 Å². The van der Waals surface area contributed by atoms with E-state index >= 15 is 0 Å². The van der Waals surface area contributed by atoms with Crippen molar-refractivity contribution >= 4 is 33.4 Å². The van der Waals surface area contributed by atoms with Crippen LogP contribution in [0.5, 0.6) is 17.2 Å². The van der Waals surface area contributed by atoms with Gasteiger partial charge in [0.15, 0.2) is 0 Å². The maximum absolute atomic E-state index is 12.9. The molecule has 4 rings (SSSR count). The number of fused-ring (bicyclic) bond motifs is 1. The van der Waals surface area contributed by atoms with Crippen molar-refractivity contribution < 1.29 is 19.1 Å². The molecule has 0 radical (unpaired) electrons. The molecule has 1 unspecified atom stereocenters. The monoisotopic (exact) mass is 467 g/mol. The van der Waals surface area contributed by atoms with Gasteiger partial charge in [-0.25, -0.2) is 0 Å². The van der Waals surface area contributed by atoms with Crippen molar-refractivity contribution in [1.82, 2.24) is 10.3 Å². The maximum atomic E-state index is 12.9. The standard InChI is InChI=1S/C22H18BrN3O4/c1-26-19-11-14(23)7-8-20(19)29-13-18(22(26)28)25-21(27)17-12-16(9-10-24-17)30-15-5-3-2-4-6-15/h2-12,18H,13H2,1H3,(H,25,27). The number of carbonyl (C=O) groups excluding carboxylic acids is 2. The molecule has 1 aliphatic rings. The molecule has 8 heteroatoms. The quantitative estimate of drug-likeness (QED) is 0.631. The van der Waals surface area contributed by atoms with Crippen LogP contribution >= 0.6 is 15.9 Å². The van der Waals surface area contributed by atoms with Gasteiger partial charge in [0.2, 0.25) is 0 Å². The van der Waals surface area contributed by atoms with Crippen LogP contribution in [0.3, 0.4) is 0 Å². The Labute approximate surface area is 181 Å². The number of ether oxygens (including phenoxy) is 2.